The van der Waals surface area contributed by atoms with Crippen LogP contribution in [-0.4, -0.2) is 37.3 Å². The summed E-state index contributed by atoms with van der Waals surface area (Å²) in [5.74, 6) is 3.46. The molecule has 3 rings (SSSR count). The van der Waals surface area contributed by atoms with Crippen molar-refractivity contribution in [2.24, 2.45) is 0 Å². The Labute approximate surface area is 249 Å². The standard InChI is InChI=1S/C34H28O9/c1-5-29(35)23(4)25-11-8-24(9-12-25)10-19-34(38)43-28-16-13-26(14-17-28)27-15-18-30(39-21-41-32(36)6-2)31(20-27)40-22-42-33(37)7-3/h5-9,11-18,20,23H,1-3,21-22H2,4H3. The third-order valence-corrected chi connectivity index (χ3v) is 5.85. The Bertz CT molecular complexity index is 1570. The van der Waals surface area contributed by atoms with E-state index in [-0.39, 0.29) is 28.9 Å². The van der Waals surface area contributed by atoms with Gasteiger partial charge in [-0.2, -0.15) is 0 Å². The second-order valence-corrected chi connectivity index (χ2v) is 8.63. The van der Waals surface area contributed by atoms with Gasteiger partial charge in [-0.05, 0) is 59.2 Å². The van der Waals surface area contributed by atoms with E-state index < -0.39 is 31.5 Å². The van der Waals surface area contributed by atoms with Crippen molar-refractivity contribution in [2.45, 2.75) is 12.8 Å². The molecule has 0 bridgehead atoms. The molecule has 1 atom stereocenters. The molecule has 43 heavy (non-hydrogen) atoms. The van der Waals surface area contributed by atoms with E-state index in [0.717, 1.165) is 23.3 Å². The number of carbonyl (C=O) groups is 4. The SMILES string of the molecule is C=CC(=O)OCOc1ccc(-c2ccc(OC(=O)C#Cc3ccc(C(C)C(=O)C=C)cc3)cc2)cc1OCOC(=O)C=C. The van der Waals surface area contributed by atoms with E-state index in [1.165, 1.54) is 6.08 Å². The summed E-state index contributed by atoms with van der Waals surface area (Å²) in [4.78, 5) is 46.7. The van der Waals surface area contributed by atoms with Gasteiger partial charge in [-0.1, -0.05) is 62.9 Å². The largest absolute Gasteiger partial charge is 0.453 e. The topological polar surface area (TPSA) is 114 Å². The second kappa shape index (κ2) is 15.8. The molecule has 0 amide bonds. The molecule has 0 aliphatic carbocycles. The summed E-state index contributed by atoms with van der Waals surface area (Å²) in [5.41, 5.74) is 2.86. The smallest absolute Gasteiger partial charge is 0.390 e. The van der Waals surface area contributed by atoms with Gasteiger partial charge in [-0.25, -0.2) is 14.4 Å². The molecule has 3 aromatic carbocycles. The molecule has 0 aliphatic heterocycles. The molecule has 3 aromatic rings. The zero-order chi connectivity index (χ0) is 31.2. The van der Waals surface area contributed by atoms with E-state index in [9.17, 15) is 19.2 Å². The third kappa shape index (κ3) is 9.62. The van der Waals surface area contributed by atoms with Crippen molar-refractivity contribution in [3.63, 3.8) is 0 Å². The Morgan fingerprint density at radius 3 is 1.91 bits per heavy atom. The molecule has 0 fully saturated rings. The Morgan fingerprint density at radius 2 is 1.33 bits per heavy atom. The van der Waals surface area contributed by atoms with E-state index in [4.69, 9.17) is 23.7 Å². The number of benzene rings is 3. The first kappa shape index (κ1) is 31.6. The molecule has 9 nitrogen and oxygen atoms in total. The summed E-state index contributed by atoms with van der Waals surface area (Å²) in [6.45, 7) is 11.1. The number of ketones is 1. The van der Waals surface area contributed by atoms with Crippen LogP contribution in [0.5, 0.6) is 17.2 Å². The van der Waals surface area contributed by atoms with E-state index in [1.807, 2.05) is 0 Å². The van der Waals surface area contributed by atoms with Crippen LogP contribution >= 0.6 is 0 Å². The van der Waals surface area contributed by atoms with Crippen LogP contribution in [0.4, 0.5) is 0 Å². The summed E-state index contributed by atoms with van der Waals surface area (Å²) >= 11 is 0. The molecule has 0 saturated carbocycles. The molecular weight excluding hydrogens is 552 g/mol. The minimum Gasteiger partial charge on any atom is -0.453 e. The summed E-state index contributed by atoms with van der Waals surface area (Å²) < 4.78 is 26.1. The number of esters is 3. The summed E-state index contributed by atoms with van der Waals surface area (Å²) in [6.07, 6.45) is 3.29. The summed E-state index contributed by atoms with van der Waals surface area (Å²) in [5, 5.41) is 0. The maximum Gasteiger partial charge on any atom is 0.390 e. The highest BCUT2D eigenvalue weighted by molar-refractivity contribution is 5.94. The zero-order valence-corrected chi connectivity index (χ0v) is 23.4. The highest BCUT2D eigenvalue weighted by atomic mass is 16.7. The molecule has 0 spiro atoms. The van der Waals surface area contributed by atoms with E-state index in [1.54, 1.807) is 73.7 Å². The van der Waals surface area contributed by atoms with Crippen LogP contribution < -0.4 is 14.2 Å². The molecule has 0 saturated heterocycles. The lowest BCUT2D eigenvalue weighted by Crippen LogP contribution is -2.11. The first-order chi connectivity index (χ1) is 20.7. The van der Waals surface area contributed by atoms with Crippen LogP contribution in [0.15, 0.2) is 105 Å². The molecule has 0 aliphatic rings. The minimum atomic E-state index is -0.740. The lowest BCUT2D eigenvalue weighted by atomic mass is 9.96. The number of ether oxygens (including phenoxy) is 5. The predicted octanol–water partition coefficient (Wildman–Crippen LogP) is 5.30. The van der Waals surface area contributed by atoms with Crippen LogP contribution in [-0.2, 0) is 28.7 Å². The molecule has 218 valence electrons. The first-order valence-corrected chi connectivity index (χ1v) is 12.8. The Morgan fingerprint density at radius 1 is 0.744 bits per heavy atom. The Balaban J connectivity index is 1.67. The van der Waals surface area contributed by atoms with Gasteiger partial charge in [0.15, 0.2) is 17.3 Å². The third-order valence-electron chi connectivity index (χ3n) is 5.85. The molecular formula is C34H28O9. The summed E-state index contributed by atoms with van der Waals surface area (Å²) in [7, 11) is 0. The number of allylic oxidation sites excluding steroid dienone is 1. The van der Waals surface area contributed by atoms with Gasteiger partial charge in [0.2, 0.25) is 13.6 Å². The lowest BCUT2D eigenvalue weighted by Gasteiger charge is -2.14. The fourth-order valence-corrected chi connectivity index (χ4v) is 3.51. The fourth-order valence-electron chi connectivity index (χ4n) is 3.51. The number of hydrogen-bond acceptors (Lipinski definition) is 9. The lowest BCUT2D eigenvalue weighted by molar-refractivity contribution is -0.146. The number of rotatable bonds is 13. The average molecular weight is 581 g/mol. The maximum atomic E-state index is 12.3. The molecule has 0 N–H and O–H groups in total. The van der Waals surface area contributed by atoms with Crippen LogP contribution in [0.25, 0.3) is 11.1 Å². The molecule has 9 heteroatoms. The van der Waals surface area contributed by atoms with Gasteiger partial charge in [0.25, 0.3) is 0 Å². The zero-order valence-electron chi connectivity index (χ0n) is 23.4. The van der Waals surface area contributed by atoms with Crippen molar-refractivity contribution in [1.82, 2.24) is 0 Å². The summed E-state index contributed by atoms with van der Waals surface area (Å²) in [6, 6.07) is 18.6. The molecule has 0 heterocycles. The van der Waals surface area contributed by atoms with E-state index in [0.29, 0.717) is 11.1 Å². The van der Waals surface area contributed by atoms with Crippen molar-refractivity contribution in [3.05, 3.63) is 116 Å². The normalized spacial score (nSPS) is 10.5. The monoisotopic (exact) mass is 580 g/mol. The van der Waals surface area contributed by atoms with Gasteiger partial charge in [0.1, 0.15) is 5.75 Å². The van der Waals surface area contributed by atoms with Crippen molar-refractivity contribution in [3.8, 4) is 40.2 Å². The van der Waals surface area contributed by atoms with Crippen molar-refractivity contribution >= 4 is 23.7 Å². The van der Waals surface area contributed by atoms with Crippen LogP contribution in [0, 0.1) is 11.8 Å². The van der Waals surface area contributed by atoms with E-state index in [2.05, 4.69) is 31.6 Å². The minimum absolute atomic E-state index is 0.0801. The highest BCUT2D eigenvalue weighted by Gasteiger charge is 2.12. The maximum absolute atomic E-state index is 12.3. The fraction of sp³-hybridized carbons (Fsp3) is 0.118. The van der Waals surface area contributed by atoms with Crippen LogP contribution in [0.3, 0.4) is 0 Å². The highest BCUT2D eigenvalue weighted by Crippen LogP contribution is 2.33. The van der Waals surface area contributed by atoms with Crippen LogP contribution in [0.1, 0.15) is 24.0 Å². The first-order valence-electron chi connectivity index (χ1n) is 12.8. The van der Waals surface area contributed by atoms with Gasteiger partial charge >= 0.3 is 17.9 Å². The van der Waals surface area contributed by atoms with Gasteiger partial charge in [0.05, 0.1) is 0 Å². The van der Waals surface area contributed by atoms with Gasteiger partial charge in [-0.15, -0.1) is 0 Å². The number of carbonyl (C=O) groups excluding carboxylic acids is 4. The van der Waals surface area contributed by atoms with E-state index >= 15 is 0 Å². The second-order valence-electron chi connectivity index (χ2n) is 8.63. The van der Waals surface area contributed by atoms with Crippen LogP contribution in [0.2, 0.25) is 0 Å². The quantitative estimate of drug-likeness (QED) is 0.0873. The molecule has 0 radical (unpaired) electrons. The van der Waals surface area contributed by atoms with Crippen molar-refractivity contribution < 1.29 is 42.9 Å². The Kier molecular flexibility index (Phi) is 11.6. The Hall–Kier alpha value is -5.88. The molecule has 0 aromatic heterocycles. The predicted molar refractivity (Wildman–Crippen MR) is 158 cm³/mol. The van der Waals surface area contributed by atoms with Gasteiger partial charge in [-0.3, -0.25) is 4.79 Å². The number of hydrogen-bond donors (Lipinski definition) is 0. The molecule has 1 unspecified atom stereocenters. The average Bonchev–Trinajstić information content (AvgIpc) is 3.03. The van der Waals surface area contributed by atoms with Crippen molar-refractivity contribution in [2.75, 3.05) is 13.6 Å². The van der Waals surface area contributed by atoms with Gasteiger partial charge < -0.3 is 23.7 Å². The van der Waals surface area contributed by atoms with Gasteiger partial charge in [0, 0.05) is 29.6 Å². The van der Waals surface area contributed by atoms with Crippen molar-refractivity contribution in [1.29, 1.82) is 0 Å².